The number of barbiturate groups is 1. The first-order chi connectivity index (χ1) is 16.3. The van der Waals surface area contributed by atoms with Gasteiger partial charge in [0.1, 0.15) is 17.9 Å². The van der Waals surface area contributed by atoms with Crippen molar-refractivity contribution in [2.24, 2.45) is 0 Å². The molecule has 0 aliphatic carbocycles. The fraction of sp³-hybridized carbons (Fsp3) is 0.0417. The van der Waals surface area contributed by atoms with Crippen LogP contribution in [0.5, 0.6) is 5.75 Å². The minimum atomic E-state index is -0.954. The molecule has 0 radical (unpaired) electrons. The fourth-order valence-corrected chi connectivity index (χ4v) is 3.46. The van der Waals surface area contributed by atoms with E-state index < -0.39 is 22.8 Å². The second-order valence-electron chi connectivity index (χ2n) is 7.15. The van der Waals surface area contributed by atoms with Gasteiger partial charge in [-0.1, -0.05) is 48.0 Å². The maximum absolute atomic E-state index is 13.1. The Hall–Kier alpha value is -4.50. The Labute approximate surface area is 198 Å². The van der Waals surface area contributed by atoms with Crippen LogP contribution in [0.1, 0.15) is 11.1 Å². The zero-order valence-electron chi connectivity index (χ0n) is 17.4. The Kier molecular flexibility index (Phi) is 6.37. The number of imide groups is 2. The minimum Gasteiger partial charge on any atom is -0.488 e. The standard InChI is InChI=1S/C24H16ClN3O6/c25-20-7-3-1-6-16(20)14-34-21-8-4-2-5-15(21)13-19-22(29)26-24(31)27(23(19)30)17-9-11-18(12-10-17)28(32)33/h1-13H,14H2,(H,26,29,31)/b19-13+. The van der Waals surface area contributed by atoms with Gasteiger partial charge in [0, 0.05) is 28.3 Å². The van der Waals surface area contributed by atoms with Crippen molar-refractivity contribution >= 4 is 46.9 Å². The molecule has 4 rings (SSSR count). The van der Waals surface area contributed by atoms with Crippen LogP contribution in [-0.4, -0.2) is 22.8 Å². The molecule has 0 aromatic heterocycles. The van der Waals surface area contributed by atoms with E-state index in [-0.39, 0.29) is 23.6 Å². The number of hydrogen-bond donors (Lipinski definition) is 1. The van der Waals surface area contributed by atoms with Crippen LogP contribution in [0.3, 0.4) is 0 Å². The number of hydrogen-bond acceptors (Lipinski definition) is 6. The third kappa shape index (κ3) is 4.64. The van der Waals surface area contributed by atoms with Gasteiger partial charge in [-0.3, -0.25) is 25.0 Å². The van der Waals surface area contributed by atoms with Crippen molar-refractivity contribution in [2.75, 3.05) is 4.90 Å². The summed E-state index contributed by atoms with van der Waals surface area (Å²) < 4.78 is 5.87. The number of anilines is 1. The molecule has 0 spiro atoms. The molecule has 0 unspecified atom stereocenters. The highest BCUT2D eigenvalue weighted by Crippen LogP contribution is 2.27. The number of nitro groups is 1. The van der Waals surface area contributed by atoms with Gasteiger partial charge < -0.3 is 4.74 Å². The van der Waals surface area contributed by atoms with E-state index in [2.05, 4.69) is 5.32 Å². The molecule has 1 N–H and O–H groups in total. The molecule has 4 amide bonds. The molecule has 170 valence electrons. The first-order valence-corrected chi connectivity index (χ1v) is 10.3. The molecule has 9 nitrogen and oxygen atoms in total. The Balaban J connectivity index is 1.63. The Bertz CT molecular complexity index is 1340. The van der Waals surface area contributed by atoms with Crippen LogP contribution in [0.25, 0.3) is 6.08 Å². The summed E-state index contributed by atoms with van der Waals surface area (Å²) in [6.07, 6.45) is 1.32. The van der Waals surface area contributed by atoms with Crippen molar-refractivity contribution in [1.82, 2.24) is 5.32 Å². The Morgan fingerprint density at radius 2 is 1.65 bits per heavy atom. The highest BCUT2D eigenvalue weighted by Gasteiger charge is 2.37. The predicted molar refractivity (Wildman–Crippen MR) is 124 cm³/mol. The Morgan fingerprint density at radius 3 is 2.35 bits per heavy atom. The quantitative estimate of drug-likeness (QED) is 0.242. The minimum absolute atomic E-state index is 0.0785. The number of rotatable bonds is 6. The number of halogens is 1. The summed E-state index contributed by atoms with van der Waals surface area (Å²) in [5.41, 5.74) is 0.769. The second kappa shape index (κ2) is 9.55. The molecule has 1 heterocycles. The van der Waals surface area contributed by atoms with E-state index in [4.69, 9.17) is 16.3 Å². The monoisotopic (exact) mass is 477 g/mol. The number of para-hydroxylation sites is 1. The van der Waals surface area contributed by atoms with Crippen LogP contribution >= 0.6 is 11.6 Å². The zero-order chi connectivity index (χ0) is 24.2. The van der Waals surface area contributed by atoms with E-state index in [9.17, 15) is 24.5 Å². The average Bonchev–Trinajstić information content (AvgIpc) is 2.82. The van der Waals surface area contributed by atoms with E-state index in [0.29, 0.717) is 16.3 Å². The lowest BCUT2D eigenvalue weighted by molar-refractivity contribution is -0.384. The zero-order valence-corrected chi connectivity index (χ0v) is 18.2. The number of carbonyl (C=O) groups is 3. The van der Waals surface area contributed by atoms with Gasteiger partial charge in [-0.05, 0) is 30.3 Å². The second-order valence-corrected chi connectivity index (χ2v) is 7.56. The van der Waals surface area contributed by atoms with E-state index in [1.54, 1.807) is 36.4 Å². The van der Waals surface area contributed by atoms with Gasteiger partial charge in [0.2, 0.25) is 0 Å². The van der Waals surface area contributed by atoms with Crippen molar-refractivity contribution in [1.29, 1.82) is 0 Å². The molecular weight excluding hydrogens is 462 g/mol. The molecule has 10 heteroatoms. The van der Waals surface area contributed by atoms with Crippen molar-refractivity contribution < 1.29 is 24.0 Å². The molecule has 0 atom stereocenters. The predicted octanol–water partition coefficient (Wildman–Crippen LogP) is 4.49. The summed E-state index contributed by atoms with van der Waals surface area (Å²) in [7, 11) is 0. The van der Waals surface area contributed by atoms with E-state index in [0.717, 1.165) is 22.6 Å². The number of non-ortho nitro benzene ring substituents is 1. The van der Waals surface area contributed by atoms with E-state index >= 15 is 0 Å². The molecule has 3 aromatic rings. The first kappa shape index (κ1) is 22.7. The summed E-state index contributed by atoms with van der Waals surface area (Å²) in [6, 6.07) is 17.8. The lowest BCUT2D eigenvalue weighted by Gasteiger charge is -2.26. The number of nitrogens with zero attached hydrogens (tertiary/aromatic N) is 2. The molecular formula is C24H16ClN3O6. The van der Waals surface area contributed by atoms with Crippen LogP contribution in [0.2, 0.25) is 5.02 Å². The smallest absolute Gasteiger partial charge is 0.335 e. The molecule has 1 aliphatic rings. The third-order valence-electron chi connectivity index (χ3n) is 4.98. The van der Waals surface area contributed by atoms with Crippen LogP contribution < -0.4 is 15.0 Å². The maximum atomic E-state index is 13.1. The van der Waals surface area contributed by atoms with Gasteiger partial charge in [0.25, 0.3) is 17.5 Å². The fourth-order valence-electron chi connectivity index (χ4n) is 3.27. The number of amides is 4. The number of benzene rings is 3. The first-order valence-electron chi connectivity index (χ1n) is 9.96. The summed E-state index contributed by atoms with van der Waals surface area (Å²) in [6.45, 7) is 0.160. The summed E-state index contributed by atoms with van der Waals surface area (Å²) >= 11 is 6.17. The van der Waals surface area contributed by atoms with Gasteiger partial charge in [0.15, 0.2) is 0 Å². The van der Waals surface area contributed by atoms with Gasteiger partial charge in [-0.2, -0.15) is 0 Å². The number of ether oxygens (including phenoxy) is 1. The summed E-state index contributed by atoms with van der Waals surface area (Å²) in [5.74, 6) is -1.34. The highest BCUT2D eigenvalue weighted by atomic mass is 35.5. The molecule has 1 aliphatic heterocycles. The van der Waals surface area contributed by atoms with E-state index in [1.165, 1.54) is 18.2 Å². The number of urea groups is 1. The van der Waals surface area contributed by atoms with Crippen LogP contribution in [0.15, 0.2) is 78.4 Å². The molecule has 0 saturated carbocycles. The van der Waals surface area contributed by atoms with Gasteiger partial charge in [-0.25, -0.2) is 9.69 Å². The average molecular weight is 478 g/mol. The molecule has 34 heavy (non-hydrogen) atoms. The van der Waals surface area contributed by atoms with Crippen LogP contribution in [-0.2, 0) is 16.2 Å². The lowest BCUT2D eigenvalue weighted by atomic mass is 10.1. The van der Waals surface area contributed by atoms with Crippen LogP contribution in [0, 0.1) is 10.1 Å². The molecule has 0 bridgehead atoms. The van der Waals surface area contributed by atoms with Crippen molar-refractivity contribution in [3.8, 4) is 5.75 Å². The van der Waals surface area contributed by atoms with Gasteiger partial charge in [-0.15, -0.1) is 0 Å². The topological polar surface area (TPSA) is 119 Å². The lowest BCUT2D eigenvalue weighted by Crippen LogP contribution is -2.54. The maximum Gasteiger partial charge on any atom is 0.335 e. The molecule has 1 fully saturated rings. The highest BCUT2D eigenvalue weighted by molar-refractivity contribution is 6.39. The number of carbonyl (C=O) groups excluding carboxylic acids is 3. The Morgan fingerprint density at radius 1 is 0.971 bits per heavy atom. The number of nitrogens with one attached hydrogen (secondary N) is 1. The third-order valence-corrected chi connectivity index (χ3v) is 5.35. The van der Waals surface area contributed by atoms with Gasteiger partial charge in [0.05, 0.1) is 10.6 Å². The summed E-state index contributed by atoms with van der Waals surface area (Å²) in [4.78, 5) is 49.0. The molecule has 3 aromatic carbocycles. The molecule has 1 saturated heterocycles. The van der Waals surface area contributed by atoms with E-state index in [1.807, 2.05) is 12.1 Å². The van der Waals surface area contributed by atoms with Gasteiger partial charge >= 0.3 is 6.03 Å². The summed E-state index contributed by atoms with van der Waals surface area (Å²) in [5, 5.41) is 13.5. The SMILES string of the molecule is O=C1NC(=O)N(c2ccc([N+](=O)[O-])cc2)C(=O)/C1=C/c1ccccc1OCc1ccccc1Cl. The van der Waals surface area contributed by atoms with Crippen LogP contribution in [0.4, 0.5) is 16.2 Å². The van der Waals surface area contributed by atoms with Crippen molar-refractivity contribution in [3.63, 3.8) is 0 Å². The number of nitro benzene ring substituents is 1. The van der Waals surface area contributed by atoms with Crippen molar-refractivity contribution in [2.45, 2.75) is 6.61 Å². The largest absolute Gasteiger partial charge is 0.488 e. The normalized spacial score (nSPS) is 14.8. The van der Waals surface area contributed by atoms with Crippen molar-refractivity contribution in [3.05, 3.63) is 105 Å².